The van der Waals surface area contributed by atoms with Crippen LogP contribution in [-0.4, -0.2) is 28.2 Å². The van der Waals surface area contributed by atoms with E-state index in [1.165, 1.54) is 21.5 Å². The van der Waals surface area contributed by atoms with Crippen LogP contribution in [0.15, 0.2) is 218 Å². The SMILES string of the molecule is OC(c1ccc2ccc3cccc4ccc1c2c34)(c1ccc2ccc3cccc4ccc1c2c34)[C@@H]1OC(C2CCCCC2)(C2CCCCC2)O[C@H]1C(O)(c1ccc2ccc3cccc4ccc1c2c34)c1ccc2ccc3cccc4ccc1c2c34. The first-order valence-corrected chi connectivity index (χ1v) is 31.4. The van der Waals surface area contributed by atoms with E-state index in [2.05, 4.69) is 218 Å². The molecule has 2 saturated carbocycles. The highest BCUT2D eigenvalue weighted by molar-refractivity contribution is 6.28. The number of rotatable bonds is 8. The molecular formula is C81H62O4. The molecule has 85 heavy (non-hydrogen) atoms. The molecule has 4 heteroatoms. The Morgan fingerprint density at radius 3 is 0.718 bits per heavy atom. The quantitative estimate of drug-likeness (QED) is 0.149. The second-order valence-corrected chi connectivity index (χ2v) is 25.9. The zero-order valence-electron chi connectivity index (χ0n) is 47.4. The van der Waals surface area contributed by atoms with Crippen molar-refractivity contribution < 1.29 is 19.7 Å². The van der Waals surface area contributed by atoms with Crippen LogP contribution in [0.5, 0.6) is 0 Å². The Hall–Kier alpha value is -8.48. The van der Waals surface area contributed by atoms with E-state index in [0.717, 1.165) is 194 Å². The lowest BCUT2D eigenvalue weighted by Crippen LogP contribution is -2.55. The van der Waals surface area contributed by atoms with Crippen molar-refractivity contribution in [3.05, 3.63) is 241 Å². The molecule has 3 aliphatic rings. The van der Waals surface area contributed by atoms with E-state index in [1.807, 2.05) is 0 Å². The zero-order valence-corrected chi connectivity index (χ0v) is 47.4. The van der Waals surface area contributed by atoms with Crippen molar-refractivity contribution >= 4 is 129 Å². The van der Waals surface area contributed by atoms with Crippen LogP contribution < -0.4 is 0 Å². The van der Waals surface area contributed by atoms with Crippen molar-refractivity contribution in [2.45, 2.75) is 93.4 Å². The summed E-state index contributed by atoms with van der Waals surface area (Å²) in [4.78, 5) is 0. The Morgan fingerprint density at radius 1 is 0.259 bits per heavy atom. The molecule has 1 saturated heterocycles. The average Bonchev–Trinajstić information content (AvgIpc) is 1.81. The van der Waals surface area contributed by atoms with E-state index < -0.39 is 29.2 Å². The summed E-state index contributed by atoms with van der Waals surface area (Å²) < 4.78 is 17.2. The Kier molecular flexibility index (Phi) is 10.2. The number of hydrogen-bond acceptors (Lipinski definition) is 4. The number of hydrogen-bond donors (Lipinski definition) is 2. The van der Waals surface area contributed by atoms with Crippen LogP contribution >= 0.6 is 0 Å². The first-order chi connectivity index (χ1) is 41.9. The van der Waals surface area contributed by atoms with Gasteiger partial charge in [0, 0.05) is 11.8 Å². The molecule has 2 N–H and O–H groups in total. The van der Waals surface area contributed by atoms with E-state index in [4.69, 9.17) is 9.47 Å². The lowest BCUT2D eigenvalue weighted by Gasteiger charge is -2.46. The summed E-state index contributed by atoms with van der Waals surface area (Å²) in [5, 5.41) is 58.9. The molecule has 0 unspecified atom stereocenters. The van der Waals surface area contributed by atoms with Gasteiger partial charge in [-0.1, -0.05) is 257 Å². The fraction of sp³-hybridized carbons (Fsp3) is 0.210. The standard InChI is InChI=1S/C81H62O4/c82-79(65-43-35-55-27-23-47-11-7-15-51-31-39-61(65)73(55)69(47)51,66-44-36-56-28-24-48-12-8-16-52-32-40-62(66)74(56)70(48)52)77-78(85-81(84-77,59-19-3-1-4-20-59)60-21-5-2-6-22-60)80(83,67-45-37-57-29-25-49-13-9-17-53-33-41-63(67)75(57)71(49)53)68-46-38-58-30-26-50-14-10-18-54-34-42-64(68)76(58)72(50)54/h7-18,23-46,59-60,77-78,82-83H,1-6,19-22H2/t77-,78-/m1/s1. The number of ether oxygens (including phenoxy) is 2. The minimum atomic E-state index is -1.97. The third kappa shape index (κ3) is 6.56. The number of benzene rings is 16. The molecule has 2 aliphatic carbocycles. The van der Waals surface area contributed by atoms with Crippen LogP contribution in [-0.2, 0) is 20.7 Å². The first kappa shape index (κ1) is 48.8. The fourth-order valence-electron chi connectivity index (χ4n) is 18.1. The van der Waals surface area contributed by atoms with Gasteiger partial charge in [-0.3, -0.25) is 0 Å². The maximum Gasteiger partial charge on any atom is 0.175 e. The van der Waals surface area contributed by atoms with Crippen LogP contribution in [0.3, 0.4) is 0 Å². The lowest BCUT2D eigenvalue weighted by molar-refractivity contribution is -0.269. The Morgan fingerprint density at radius 2 is 0.471 bits per heavy atom. The summed E-state index contributed by atoms with van der Waals surface area (Å²) >= 11 is 0. The second kappa shape index (κ2) is 17.8. The molecule has 3 fully saturated rings. The molecule has 0 bridgehead atoms. The minimum absolute atomic E-state index is 0.0239. The molecular weight excluding hydrogens is 1040 g/mol. The van der Waals surface area contributed by atoms with E-state index in [0.29, 0.717) is 0 Å². The van der Waals surface area contributed by atoms with Crippen molar-refractivity contribution in [3.63, 3.8) is 0 Å². The highest BCUT2D eigenvalue weighted by Crippen LogP contribution is 2.61. The Balaban J connectivity index is 0.988. The molecule has 0 spiro atoms. The monoisotopic (exact) mass is 1100 g/mol. The first-order valence-electron chi connectivity index (χ1n) is 31.4. The average molecular weight is 1100 g/mol. The normalized spacial score (nSPS) is 18.8. The molecule has 19 rings (SSSR count). The van der Waals surface area contributed by atoms with Gasteiger partial charge in [0.25, 0.3) is 0 Å². The largest absolute Gasteiger partial charge is 0.377 e. The van der Waals surface area contributed by atoms with E-state index in [9.17, 15) is 0 Å². The maximum atomic E-state index is 16.1. The highest BCUT2D eigenvalue weighted by Gasteiger charge is 2.67. The molecule has 410 valence electrons. The van der Waals surface area contributed by atoms with Crippen LogP contribution in [0.1, 0.15) is 86.5 Å². The highest BCUT2D eigenvalue weighted by atomic mass is 16.8. The summed E-state index contributed by atoms with van der Waals surface area (Å²) in [5.74, 6) is -1.11. The molecule has 16 aromatic rings. The van der Waals surface area contributed by atoms with Crippen LogP contribution in [0, 0.1) is 11.8 Å². The molecule has 0 amide bonds. The van der Waals surface area contributed by atoms with Crippen LogP contribution in [0.2, 0.25) is 0 Å². The maximum absolute atomic E-state index is 16.1. The lowest BCUT2D eigenvalue weighted by atomic mass is 9.68. The third-order valence-corrected chi connectivity index (χ3v) is 21.8. The van der Waals surface area contributed by atoms with Gasteiger partial charge in [0.15, 0.2) is 5.79 Å². The van der Waals surface area contributed by atoms with Crippen LogP contribution in [0.4, 0.5) is 0 Å². The Bertz CT molecular complexity index is 4660. The molecule has 0 radical (unpaired) electrons. The fourth-order valence-corrected chi connectivity index (χ4v) is 18.1. The number of aliphatic hydroxyl groups is 2. The van der Waals surface area contributed by atoms with Gasteiger partial charge < -0.3 is 19.7 Å². The molecule has 4 nitrogen and oxygen atoms in total. The van der Waals surface area contributed by atoms with Gasteiger partial charge in [0.2, 0.25) is 0 Å². The second-order valence-electron chi connectivity index (χ2n) is 25.9. The molecule has 1 heterocycles. The van der Waals surface area contributed by atoms with Crippen molar-refractivity contribution in [1.29, 1.82) is 0 Å². The van der Waals surface area contributed by atoms with E-state index >= 15 is 10.2 Å². The van der Waals surface area contributed by atoms with E-state index in [-0.39, 0.29) is 11.8 Å². The van der Waals surface area contributed by atoms with E-state index in [1.54, 1.807) is 0 Å². The van der Waals surface area contributed by atoms with Gasteiger partial charge in [0.1, 0.15) is 23.4 Å². The summed E-state index contributed by atoms with van der Waals surface area (Å²) in [6.45, 7) is 0. The van der Waals surface area contributed by atoms with Crippen molar-refractivity contribution in [3.8, 4) is 0 Å². The van der Waals surface area contributed by atoms with Crippen LogP contribution in [0.25, 0.3) is 129 Å². The van der Waals surface area contributed by atoms with Crippen molar-refractivity contribution in [2.24, 2.45) is 11.8 Å². The predicted octanol–water partition coefficient (Wildman–Crippen LogP) is 20.1. The van der Waals surface area contributed by atoms with Gasteiger partial charge in [-0.15, -0.1) is 0 Å². The molecule has 2 atom stereocenters. The third-order valence-electron chi connectivity index (χ3n) is 21.8. The molecule has 16 aromatic carbocycles. The van der Waals surface area contributed by atoms with Crippen molar-refractivity contribution in [1.82, 2.24) is 0 Å². The Labute approximate surface area is 492 Å². The molecule has 0 aromatic heterocycles. The minimum Gasteiger partial charge on any atom is -0.377 e. The van der Waals surface area contributed by atoms with Gasteiger partial charge >= 0.3 is 0 Å². The van der Waals surface area contributed by atoms with Gasteiger partial charge in [0.05, 0.1) is 0 Å². The summed E-state index contributed by atoms with van der Waals surface area (Å²) in [7, 11) is 0. The van der Waals surface area contributed by atoms with Gasteiger partial charge in [-0.05, 0) is 177 Å². The smallest absolute Gasteiger partial charge is 0.175 e. The predicted molar refractivity (Wildman–Crippen MR) is 352 cm³/mol. The zero-order chi connectivity index (χ0) is 55.9. The summed E-state index contributed by atoms with van der Waals surface area (Å²) in [6.07, 6.45) is 8.03. The van der Waals surface area contributed by atoms with Gasteiger partial charge in [-0.2, -0.15) is 0 Å². The molecule has 1 aliphatic heterocycles. The summed E-state index contributed by atoms with van der Waals surface area (Å²) in [5.41, 5.74) is -0.985. The van der Waals surface area contributed by atoms with Gasteiger partial charge in [-0.25, -0.2) is 0 Å². The summed E-state index contributed by atoms with van der Waals surface area (Å²) in [6, 6.07) is 79.7. The topological polar surface area (TPSA) is 58.9 Å². The van der Waals surface area contributed by atoms with Crippen molar-refractivity contribution in [2.75, 3.05) is 0 Å².